The molecule has 5 heteroatoms. The molecular formula is C17H18Cl2N2O. The van der Waals surface area contributed by atoms with Gasteiger partial charge in [0.25, 0.3) is 0 Å². The number of hydrogen-bond donors (Lipinski definition) is 2. The van der Waals surface area contributed by atoms with Crippen molar-refractivity contribution in [3.05, 3.63) is 63.6 Å². The van der Waals surface area contributed by atoms with Crippen molar-refractivity contribution < 1.29 is 4.79 Å². The van der Waals surface area contributed by atoms with Gasteiger partial charge in [-0.05, 0) is 43.2 Å². The summed E-state index contributed by atoms with van der Waals surface area (Å²) in [5, 5.41) is 7.29. The van der Waals surface area contributed by atoms with Crippen LogP contribution in [0.5, 0.6) is 0 Å². The summed E-state index contributed by atoms with van der Waals surface area (Å²) in [6, 6.07) is 13.0. The molecule has 2 N–H and O–H groups in total. The fourth-order valence-corrected chi connectivity index (χ4v) is 2.54. The first kappa shape index (κ1) is 16.8. The molecule has 3 nitrogen and oxygen atoms in total. The van der Waals surface area contributed by atoms with Crippen molar-refractivity contribution in [3.8, 4) is 0 Å². The molecule has 0 saturated heterocycles. The van der Waals surface area contributed by atoms with Crippen LogP contribution in [-0.4, -0.2) is 12.5 Å². The van der Waals surface area contributed by atoms with Gasteiger partial charge in [-0.3, -0.25) is 4.79 Å². The van der Waals surface area contributed by atoms with E-state index in [0.717, 1.165) is 11.1 Å². The molecule has 0 spiro atoms. The molecule has 0 saturated carbocycles. The van der Waals surface area contributed by atoms with Crippen LogP contribution < -0.4 is 10.6 Å². The van der Waals surface area contributed by atoms with E-state index in [1.807, 2.05) is 50.2 Å². The molecule has 0 aliphatic heterocycles. The zero-order chi connectivity index (χ0) is 16.1. The molecule has 116 valence electrons. The minimum Gasteiger partial charge on any atom is -0.325 e. The Morgan fingerprint density at radius 1 is 1.14 bits per heavy atom. The number of benzene rings is 2. The van der Waals surface area contributed by atoms with Crippen LogP contribution in [0.15, 0.2) is 42.5 Å². The second-order valence-electron chi connectivity index (χ2n) is 5.14. The maximum absolute atomic E-state index is 12.0. The maximum atomic E-state index is 12.0. The van der Waals surface area contributed by atoms with Crippen LogP contribution in [0.25, 0.3) is 0 Å². The Kier molecular flexibility index (Phi) is 5.83. The molecule has 0 bridgehead atoms. The number of hydrogen-bond acceptors (Lipinski definition) is 2. The molecule has 2 aromatic carbocycles. The van der Waals surface area contributed by atoms with Crippen molar-refractivity contribution in [2.75, 3.05) is 11.9 Å². The lowest BCUT2D eigenvalue weighted by molar-refractivity contribution is -0.115. The number of anilines is 1. The van der Waals surface area contributed by atoms with Gasteiger partial charge < -0.3 is 10.6 Å². The largest absolute Gasteiger partial charge is 0.325 e. The second-order valence-corrected chi connectivity index (χ2v) is 5.95. The number of carbonyl (C=O) groups excluding carboxylic acids is 1. The van der Waals surface area contributed by atoms with E-state index in [9.17, 15) is 4.79 Å². The van der Waals surface area contributed by atoms with E-state index in [1.54, 1.807) is 6.07 Å². The van der Waals surface area contributed by atoms with Gasteiger partial charge in [-0.15, -0.1) is 0 Å². The average Bonchev–Trinajstić information content (AvgIpc) is 2.49. The highest BCUT2D eigenvalue weighted by atomic mass is 35.5. The van der Waals surface area contributed by atoms with Crippen molar-refractivity contribution in [3.63, 3.8) is 0 Å². The first-order valence-corrected chi connectivity index (χ1v) is 7.77. The highest BCUT2D eigenvalue weighted by Gasteiger charge is 2.10. The van der Waals surface area contributed by atoms with Crippen molar-refractivity contribution in [2.24, 2.45) is 0 Å². The molecular weight excluding hydrogens is 319 g/mol. The van der Waals surface area contributed by atoms with Gasteiger partial charge in [-0.1, -0.05) is 47.5 Å². The van der Waals surface area contributed by atoms with Gasteiger partial charge in [0, 0.05) is 21.8 Å². The smallest absolute Gasteiger partial charge is 0.238 e. The maximum Gasteiger partial charge on any atom is 0.238 e. The van der Waals surface area contributed by atoms with Gasteiger partial charge in [-0.2, -0.15) is 0 Å². The number of aryl methyl sites for hydroxylation is 1. The van der Waals surface area contributed by atoms with Crippen LogP contribution >= 0.6 is 23.2 Å². The predicted molar refractivity (Wildman–Crippen MR) is 92.7 cm³/mol. The Labute approximate surface area is 140 Å². The Balaban J connectivity index is 1.90. The number of nitrogens with one attached hydrogen (secondary N) is 2. The predicted octanol–water partition coefficient (Wildman–Crippen LogP) is 4.59. The molecule has 0 fully saturated rings. The molecule has 0 aliphatic rings. The third-order valence-electron chi connectivity index (χ3n) is 3.40. The molecule has 0 aliphatic carbocycles. The summed E-state index contributed by atoms with van der Waals surface area (Å²) in [6.45, 7) is 4.08. The monoisotopic (exact) mass is 336 g/mol. The summed E-state index contributed by atoms with van der Waals surface area (Å²) >= 11 is 12.2. The first-order chi connectivity index (χ1) is 10.5. The summed E-state index contributed by atoms with van der Waals surface area (Å²) in [5.41, 5.74) is 2.63. The molecule has 1 unspecified atom stereocenters. The molecule has 2 aromatic rings. The molecule has 0 aromatic heterocycles. The van der Waals surface area contributed by atoms with Crippen LogP contribution in [0.1, 0.15) is 24.1 Å². The van der Waals surface area contributed by atoms with E-state index < -0.39 is 0 Å². The summed E-state index contributed by atoms with van der Waals surface area (Å²) < 4.78 is 0. The number of amides is 1. The highest BCUT2D eigenvalue weighted by molar-refractivity contribution is 6.31. The Bertz CT molecular complexity index is 673. The van der Waals surface area contributed by atoms with E-state index in [0.29, 0.717) is 15.7 Å². The van der Waals surface area contributed by atoms with Crippen molar-refractivity contribution in [2.45, 2.75) is 19.9 Å². The first-order valence-electron chi connectivity index (χ1n) is 7.01. The summed E-state index contributed by atoms with van der Waals surface area (Å²) in [6.07, 6.45) is 0. The zero-order valence-electron chi connectivity index (χ0n) is 12.5. The fraction of sp³-hybridized carbons (Fsp3) is 0.235. The normalized spacial score (nSPS) is 12.0. The quantitative estimate of drug-likeness (QED) is 0.838. The van der Waals surface area contributed by atoms with E-state index in [2.05, 4.69) is 10.6 Å². The van der Waals surface area contributed by atoms with Gasteiger partial charge in [0.05, 0.1) is 6.54 Å². The van der Waals surface area contributed by atoms with Crippen molar-refractivity contribution in [1.82, 2.24) is 5.32 Å². The summed E-state index contributed by atoms with van der Waals surface area (Å²) in [5.74, 6) is -0.126. The van der Waals surface area contributed by atoms with E-state index in [-0.39, 0.29) is 18.5 Å². The highest BCUT2D eigenvalue weighted by Crippen LogP contribution is 2.22. The third kappa shape index (κ3) is 4.47. The van der Waals surface area contributed by atoms with Crippen LogP contribution in [-0.2, 0) is 4.79 Å². The Hall–Kier alpha value is -1.55. The minimum absolute atomic E-state index is 0.0129. The van der Waals surface area contributed by atoms with E-state index >= 15 is 0 Å². The summed E-state index contributed by atoms with van der Waals surface area (Å²) in [4.78, 5) is 12.0. The second kappa shape index (κ2) is 7.63. The molecule has 1 amide bonds. The zero-order valence-corrected chi connectivity index (χ0v) is 14.0. The molecule has 2 rings (SSSR count). The van der Waals surface area contributed by atoms with Crippen molar-refractivity contribution >= 4 is 34.8 Å². The lowest BCUT2D eigenvalue weighted by Gasteiger charge is -2.15. The number of rotatable bonds is 5. The topological polar surface area (TPSA) is 41.1 Å². The minimum atomic E-state index is -0.126. The van der Waals surface area contributed by atoms with Crippen LogP contribution in [0.3, 0.4) is 0 Å². The molecule has 22 heavy (non-hydrogen) atoms. The number of halogens is 2. The van der Waals surface area contributed by atoms with Crippen LogP contribution in [0, 0.1) is 6.92 Å². The van der Waals surface area contributed by atoms with Gasteiger partial charge in [0.1, 0.15) is 0 Å². The van der Waals surface area contributed by atoms with Gasteiger partial charge in [0.2, 0.25) is 5.91 Å². The van der Waals surface area contributed by atoms with Crippen molar-refractivity contribution in [1.29, 1.82) is 0 Å². The average molecular weight is 337 g/mol. The van der Waals surface area contributed by atoms with Gasteiger partial charge >= 0.3 is 0 Å². The fourth-order valence-electron chi connectivity index (χ4n) is 2.06. The SMILES string of the molecule is Cc1ccc(NC(=O)CNC(C)c2ccccc2Cl)cc1Cl. The number of carbonyl (C=O) groups is 1. The van der Waals surface area contributed by atoms with Gasteiger partial charge in [-0.25, -0.2) is 0 Å². The lowest BCUT2D eigenvalue weighted by atomic mass is 10.1. The van der Waals surface area contributed by atoms with Gasteiger partial charge in [0.15, 0.2) is 0 Å². The third-order valence-corrected chi connectivity index (χ3v) is 4.15. The summed E-state index contributed by atoms with van der Waals surface area (Å²) in [7, 11) is 0. The molecule has 0 heterocycles. The van der Waals surface area contributed by atoms with Crippen LogP contribution in [0.2, 0.25) is 10.0 Å². The van der Waals surface area contributed by atoms with E-state index in [4.69, 9.17) is 23.2 Å². The van der Waals surface area contributed by atoms with Crippen LogP contribution in [0.4, 0.5) is 5.69 Å². The molecule has 1 atom stereocenters. The molecule has 0 radical (unpaired) electrons. The standard InChI is InChI=1S/C17H18Cl2N2O/c1-11-7-8-13(9-16(11)19)21-17(22)10-20-12(2)14-5-3-4-6-15(14)18/h3-9,12,20H,10H2,1-2H3,(H,21,22). The van der Waals surface area contributed by atoms with E-state index in [1.165, 1.54) is 0 Å². The lowest BCUT2D eigenvalue weighted by Crippen LogP contribution is -2.30. The Morgan fingerprint density at radius 3 is 2.55 bits per heavy atom. The Morgan fingerprint density at radius 2 is 1.86 bits per heavy atom.